The Balaban J connectivity index is 1.82. The summed E-state index contributed by atoms with van der Waals surface area (Å²) >= 11 is 6.35. The van der Waals surface area contributed by atoms with Gasteiger partial charge in [0.1, 0.15) is 5.82 Å². The molecule has 0 aliphatic carbocycles. The molecule has 0 spiro atoms. The molecule has 0 radical (unpaired) electrons. The Kier molecular flexibility index (Phi) is 4.15. The number of fused-ring (bicyclic) bond motifs is 1. The van der Waals surface area contributed by atoms with Crippen LogP contribution in [0.15, 0.2) is 12.3 Å². The van der Waals surface area contributed by atoms with Crippen molar-refractivity contribution in [2.24, 2.45) is 0 Å². The van der Waals surface area contributed by atoms with E-state index in [4.69, 9.17) is 16.7 Å². The van der Waals surface area contributed by atoms with Crippen molar-refractivity contribution in [3.63, 3.8) is 0 Å². The van der Waals surface area contributed by atoms with E-state index in [9.17, 15) is 0 Å². The minimum atomic E-state index is -0.0149. The molecule has 3 heterocycles. The molecule has 4 nitrogen and oxygen atoms in total. The van der Waals surface area contributed by atoms with E-state index < -0.39 is 0 Å². The number of piperidine rings is 1. The van der Waals surface area contributed by atoms with Gasteiger partial charge in [0.2, 0.25) is 0 Å². The molecule has 2 aliphatic rings. The largest absolute Gasteiger partial charge is 0.392 e. The molecule has 2 unspecified atom stereocenters. The molecule has 0 amide bonds. The molecule has 20 heavy (non-hydrogen) atoms. The van der Waals surface area contributed by atoms with Crippen molar-refractivity contribution >= 4 is 17.4 Å². The first kappa shape index (κ1) is 14.1. The zero-order chi connectivity index (χ0) is 14.1. The van der Waals surface area contributed by atoms with Gasteiger partial charge in [0.05, 0.1) is 11.6 Å². The molecular formula is C15H22ClN3O. The lowest BCUT2D eigenvalue weighted by atomic mass is 9.97. The van der Waals surface area contributed by atoms with Crippen LogP contribution in [0.25, 0.3) is 0 Å². The number of aromatic nitrogens is 1. The molecule has 2 fully saturated rings. The third kappa shape index (κ3) is 2.65. The van der Waals surface area contributed by atoms with E-state index in [1.165, 1.54) is 25.8 Å². The summed E-state index contributed by atoms with van der Waals surface area (Å²) in [6, 6.07) is 2.88. The monoisotopic (exact) mass is 295 g/mol. The molecule has 2 atom stereocenters. The van der Waals surface area contributed by atoms with Crippen LogP contribution in [0.2, 0.25) is 5.02 Å². The molecule has 3 rings (SSSR count). The minimum Gasteiger partial charge on any atom is -0.392 e. The van der Waals surface area contributed by atoms with Crippen molar-refractivity contribution in [1.82, 2.24) is 9.88 Å². The van der Waals surface area contributed by atoms with Gasteiger partial charge in [-0.05, 0) is 37.9 Å². The highest BCUT2D eigenvalue weighted by atomic mass is 35.5. The average Bonchev–Trinajstić information content (AvgIpc) is 2.46. The lowest BCUT2D eigenvalue weighted by Crippen LogP contribution is -2.59. The number of hydrogen-bond acceptors (Lipinski definition) is 4. The Morgan fingerprint density at radius 2 is 2.25 bits per heavy atom. The Hall–Kier alpha value is -0.840. The van der Waals surface area contributed by atoms with Crippen molar-refractivity contribution in [3.05, 3.63) is 22.8 Å². The second kappa shape index (κ2) is 5.88. The first-order valence-electron chi connectivity index (χ1n) is 7.45. The summed E-state index contributed by atoms with van der Waals surface area (Å²) < 4.78 is 0. The molecule has 0 saturated carbocycles. The topological polar surface area (TPSA) is 39.6 Å². The van der Waals surface area contributed by atoms with Crippen LogP contribution in [-0.2, 0) is 6.61 Å². The minimum absolute atomic E-state index is 0.0149. The van der Waals surface area contributed by atoms with E-state index in [1.54, 1.807) is 6.20 Å². The number of halogens is 1. The van der Waals surface area contributed by atoms with Gasteiger partial charge < -0.3 is 10.0 Å². The summed E-state index contributed by atoms with van der Waals surface area (Å²) in [4.78, 5) is 9.42. The highest BCUT2D eigenvalue weighted by Crippen LogP contribution is 2.31. The summed E-state index contributed by atoms with van der Waals surface area (Å²) in [6.07, 6.45) is 5.65. The van der Waals surface area contributed by atoms with E-state index in [1.807, 2.05) is 6.07 Å². The Bertz CT molecular complexity index is 482. The Labute approximate surface area is 125 Å². The SMILES string of the molecule is CC1CN2CCCCC2CN1c1ncc(CO)cc1Cl. The van der Waals surface area contributed by atoms with Crippen LogP contribution in [0.1, 0.15) is 31.7 Å². The van der Waals surface area contributed by atoms with Gasteiger partial charge in [-0.15, -0.1) is 0 Å². The van der Waals surface area contributed by atoms with Gasteiger partial charge in [0.15, 0.2) is 0 Å². The third-order valence-electron chi connectivity index (χ3n) is 4.52. The van der Waals surface area contributed by atoms with Gasteiger partial charge in [-0.1, -0.05) is 18.0 Å². The van der Waals surface area contributed by atoms with Gasteiger partial charge >= 0.3 is 0 Å². The summed E-state index contributed by atoms with van der Waals surface area (Å²) in [7, 11) is 0. The summed E-state index contributed by atoms with van der Waals surface area (Å²) in [5.74, 6) is 0.863. The molecule has 110 valence electrons. The first-order chi connectivity index (χ1) is 9.69. The highest BCUT2D eigenvalue weighted by molar-refractivity contribution is 6.33. The molecular weight excluding hydrogens is 274 g/mol. The number of anilines is 1. The summed E-state index contributed by atoms with van der Waals surface area (Å²) in [5, 5.41) is 9.80. The molecule has 2 aliphatic heterocycles. The second-order valence-corrected chi connectivity index (χ2v) is 6.36. The van der Waals surface area contributed by atoms with Crippen LogP contribution < -0.4 is 4.90 Å². The lowest BCUT2D eigenvalue weighted by molar-refractivity contribution is 0.115. The fourth-order valence-electron chi connectivity index (χ4n) is 3.42. The Morgan fingerprint density at radius 1 is 1.40 bits per heavy atom. The van der Waals surface area contributed by atoms with E-state index in [0.717, 1.165) is 24.5 Å². The van der Waals surface area contributed by atoms with Crippen molar-refractivity contribution < 1.29 is 5.11 Å². The third-order valence-corrected chi connectivity index (χ3v) is 4.80. The van der Waals surface area contributed by atoms with Crippen molar-refractivity contribution in [3.8, 4) is 0 Å². The maximum absolute atomic E-state index is 9.15. The number of hydrogen-bond donors (Lipinski definition) is 1. The average molecular weight is 296 g/mol. The maximum Gasteiger partial charge on any atom is 0.147 e. The molecule has 1 aromatic heterocycles. The fraction of sp³-hybridized carbons (Fsp3) is 0.667. The van der Waals surface area contributed by atoms with E-state index in [-0.39, 0.29) is 6.61 Å². The van der Waals surface area contributed by atoms with E-state index in [0.29, 0.717) is 17.1 Å². The number of rotatable bonds is 2. The van der Waals surface area contributed by atoms with Crippen LogP contribution in [0.3, 0.4) is 0 Å². The number of aliphatic hydroxyl groups is 1. The van der Waals surface area contributed by atoms with Gasteiger partial charge in [-0.2, -0.15) is 0 Å². The zero-order valence-electron chi connectivity index (χ0n) is 11.9. The molecule has 0 bridgehead atoms. The first-order valence-corrected chi connectivity index (χ1v) is 7.83. The van der Waals surface area contributed by atoms with Crippen LogP contribution >= 0.6 is 11.6 Å². The van der Waals surface area contributed by atoms with Crippen LogP contribution in [0.5, 0.6) is 0 Å². The van der Waals surface area contributed by atoms with Crippen LogP contribution in [-0.4, -0.2) is 46.7 Å². The number of nitrogens with zero attached hydrogens (tertiary/aromatic N) is 3. The number of piperazine rings is 1. The number of pyridine rings is 1. The van der Waals surface area contributed by atoms with Crippen molar-refractivity contribution in [1.29, 1.82) is 0 Å². The van der Waals surface area contributed by atoms with Gasteiger partial charge in [-0.3, -0.25) is 4.90 Å². The van der Waals surface area contributed by atoms with Crippen molar-refractivity contribution in [2.45, 2.75) is 44.9 Å². The highest BCUT2D eigenvalue weighted by Gasteiger charge is 2.34. The molecule has 1 aromatic rings. The maximum atomic E-state index is 9.15. The predicted molar refractivity (Wildman–Crippen MR) is 81.2 cm³/mol. The van der Waals surface area contributed by atoms with Gasteiger partial charge in [0.25, 0.3) is 0 Å². The summed E-state index contributed by atoms with van der Waals surface area (Å²) in [6.45, 7) is 5.55. The molecule has 1 N–H and O–H groups in total. The van der Waals surface area contributed by atoms with Crippen LogP contribution in [0, 0.1) is 0 Å². The molecule has 2 saturated heterocycles. The quantitative estimate of drug-likeness (QED) is 0.909. The van der Waals surface area contributed by atoms with Crippen molar-refractivity contribution in [2.75, 3.05) is 24.5 Å². The molecule has 0 aromatic carbocycles. The smallest absolute Gasteiger partial charge is 0.147 e. The van der Waals surface area contributed by atoms with Gasteiger partial charge in [-0.25, -0.2) is 4.98 Å². The normalized spacial score (nSPS) is 27.4. The van der Waals surface area contributed by atoms with Gasteiger partial charge in [0, 0.05) is 31.4 Å². The zero-order valence-corrected chi connectivity index (χ0v) is 12.7. The predicted octanol–water partition coefficient (Wildman–Crippen LogP) is 2.29. The standard InChI is InChI=1S/C15H22ClN3O/c1-11-8-18-5-3-2-4-13(18)9-19(11)15-14(16)6-12(10-20)7-17-15/h6-7,11,13,20H,2-5,8-10H2,1H3. The summed E-state index contributed by atoms with van der Waals surface area (Å²) in [5.41, 5.74) is 0.766. The Morgan fingerprint density at radius 3 is 3.00 bits per heavy atom. The van der Waals surface area contributed by atoms with E-state index in [2.05, 4.69) is 21.7 Å². The lowest BCUT2D eigenvalue weighted by Gasteiger charge is -2.48. The second-order valence-electron chi connectivity index (χ2n) is 5.95. The van der Waals surface area contributed by atoms with E-state index >= 15 is 0 Å². The van der Waals surface area contributed by atoms with Crippen LogP contribution in [0.4, 0.5) is 5.82 Å². The fourth-order valence-corrected chi connectivity index (χ4v) is 3.71. The number of aliphatic hydroxyl groups excluding tert-OH is 1. The molecule has 5 heteroatoms.